The van der Waals surface area contributed by atoms with Gasteiger partial charge in [0.1, 0.15) is 0 Å². The van der Waals surface area contributed by atoms with Crippen molar-refractivity contribution in [3.05, 3.63) is 42.2 Å². The fraction of sp³-hybridized carbons (Fsp3) is 0.308. The molecule has 0 amide bonds. The average molecular weight is 310 g/mol. The number of benzene rings is 1. The van der Waals surface area contributed by atoms with Gasteiger partial charge >= 0.3 is 0 Å². The second kappa shape index (κ2) is 5.47. The van der Waals surface area contributed by atoms with E-state index >= 15 is 0 Å². The van der Waals surface area contributed by atoms with Crippen molar-refractivity contribution in [3.8, 4) is 0 Å². The minimum absolute atomic E-state index is 0.0849. The van der Waals surface area contributed by atoms with Gasteiger partial charge in [-0.2, -0.15) is 4.72 Å². The summed E-state index contributed by atoms with van der Waals surface area (Å²) in [4.78, 5) is 3.77. The summed E-state index contributed by atoms with van der Waals surface area (Å²) in [5.74, 6) is -0.0849. The number of sulfonamides is 1. The Hall–Kier alpha value is -1.90. The summed E-state index contributed by atoms with van der Waals surface area (Å²) in [5, 5.41) is 9.53. The molecule has 0 bridgehead atoms. The van der Waals surface area contributed by atoms with Crippen LogP contribution in [0.2, 0.25) is 0 Å². The highest BCUT2D eigenvalue weighted by molar-refractivity contribution is 7.89. The number of aryl methyl sites for hydroxylation is 1. The molecule has 0 aliphatic heterocycles. The first-order chi connectivity index (χ1) is 9.80. The zero-order chi connectivity index (χ0) is 15.7. The lowest BCUT2D eigenvalue weighted by Gasteiger charge is -2.29. The molecule has 0 saturated carbocycles. The van der Waals surface area contributed by atoms with Crippen molar-refractivity contribution in [1.29, 1.82) is 0 Å². The lowest BCUT2D eigenvalue weighted by atomic mass is 9.94. The number of hydrogen-bond donors (Lipinski definition) is 3. The number of rotatable bonds is 5. The van der Waals surface area contributed by atoms with Crippen molar-refractivity contribution in [2.24, 2.45) is 7.05 Å². The predicted octanol–water partition coefficient (Wildman–Crippen LogP) is 0.188. The van der Waals surface area contributed by atoms with E-state index < -0.39 is 22.2 Å². The van der Waals surface area contributed by atoms with Crippen LogP contribution in [0.4, 0.5) is 5.82 Å². The second-order valence-electron chi connectivity index (χ2n) is 5.01. The van der Waals surface area contributed by atoms with Crippen molar-refractivity contribution >= 4 is 15.8 Å². The number of nitrogens with zero attached hydrogens (tertiary/aromatic N) is 2. The molecule has 4 N–H and O–H groups in total. The van der Waals surface area contributed by atoms with Gasteiger partial charge in [-0.1, -0.05) is 30.3 Å². The van der Waals surface area contributed by atoms with Gasteiger partial charge in [0.15, 0.2) is 10.8 Å². The maximum Gasteiger partial charge on any atom is 0.260 e. The molecule has 0 aliphatic carbocycles. The van der Waals surface area contributed by atoms with Crippen LogP contribution in [0, 0.1) is 0 Å². The van der Waals surface area contributed by atoms with Crippen LogP contribution in [0.3, 0.4) is 0 Å². The van der Waals surface area contributed by atoms with E-state index in [0.29, 0.717) is 5.56 Å². The van der Waals surface area contributed by atoms with Gasteiger partial charge in [0.2, 0.25) is 0 Å². The SMILES string of the molecule is Cn1cnc(N)c1S(=O)(=O)NC(C)(CO)c1ccccc1. The molecule has 1 unspecified atom stereocenters. The summed E-state index contributed by atoms with van der Waals surface area (Å²) in [6.45, 7) is 1.21. The van der Waals surface area contributed by atoms with Gasteiger partial charge in [0, 0.05) is 7.05 Å². The van der Waals surface area contributed by atoms with Gasteiger partial charge in [0.25, 0.3) is 10.0 Å². The van der Waals surface area contributed by atoms with Crippen molar-refractivity contribution in [2.75, 3.05) is 12.3 Å². The molecule has 1 aromatic heterocycles. The molecule has 2 rings (SSSR count). The smallest absolute Gasteiger partial charge is 0.260 e. The molecule has 8 heteroatoms. The van der Waals surface area contributed by atoms with E-state index in [4.69, 9.17) is 5.73 Å². The van der Waals surface area contributed by atoms with Gasteiger partial charge in [-0.15, -0.1) is 0 Å². The standard InChI is InChI=1S/C13H18N4O3S/c1-13(8-18,10-6-4-3-5-7-10)16-21(19,20)12-11(14)15-9-17(12)2/h3-7,9,16,18H,8,14H2,1-2H3. The van der Waals surface area contributed by atoms with Crippen LogP contribution in [0.25, 0.3) is 0 Å². The third-order valence-electron chi connectivity index (χ3n) is 3.25. The molecule has 0 spiro atoms. The van der Waals surface area contributed by atoms with E-state index in [1.807, 2.05) is 6.07 Å². The molecule has 1 heterocycles. The minimum Gasteiger partial charge on any atom is -0.394 e. The number of nitrogen functional groups attached to an aromatic ring is 1. The maximum absolute atomic E-state index is 12.5. The molecule has 2 aromatic rings. The first-order valence-electron chi connectivity index (χ1n) is 6.27. The Kier molecular flexibility index (Phi) is 4.04. The lowest BCUT2D eigenvalue weighted by Crippen LogP contribution is -2.46. The number of nitrogens with two attached hydrogens (primary N) is 1. The summed E-state index contributed by atoms with van der Waals surface area (Å²) in [7, 11) is -2.39. The maximum atomic E-state index is 12.5. The van der Waals surface area contributed by atoms with E-state index in [-0.39, 0.29) is 10.8 Å². The number of imidazole rings is 1. The van der Waals surface area contributed by atoms with E-state index in [9.17, 15) is 13.5 Å². The highest BCUT2D eigenvalue weighted by atomic mass is 32.2. The zero-order valence-corrected chi connectivity index (χ0v) is 12.6. The molecule has 21 heavy (non-hydrogen) atoms. The Morgan fingerprint density at radius 1 is 1.38 bits per heavy atom. The number of aliphatic hydroxyl groups excluding tert-OH is 1. The number of aliphatic hydroxyl groups is 1. The summed E-state index contributed by atoms with van der Waals surface area (Å²) < 4.78 is 28.9. The number of anilines is 1. The average Bonchev–Trinajstić information content (AvgIpc) is 2.79. The van der Waals surface area contributed by atoms with Crippen LogP contribution in [-0.4, -0.2) is 29.7 Å². The van der Waals surface area contributed by atoms with Gasteiger partial charge in [-0.05, 0) is 12.5 Å². The Morgan fingerprint density at radius 3 is 2.48 bits per heavy atom. The fourth-order valence-electron chi connectivity index (χ4n) is 2.10. The van der Waals surface area contributed by atoms with Crippen LogP contribution in [0.5, 0.6) is 0 Å². The molecule has 7 nitrogen and oxygen atoms in total. The van der Waals surface area contributed by atoms with E-state index in [2.05, 4.69) is 9.71 Å². The molecule has 0 saturated heterocycles. The van der Waals surface area contributed by atoms with Crippen molar-refractivity contribution in [2.45, 2.75) is 17.5 Å². The van der Waals surface area contributed by atoms with E-state index in [1.165, 1.54) is 17.9 Å². The lowest BCUT2D eigenvalue weighted by molar-refractivity contribution is 0.196. The Morgan fingerprint density at radius 2 is 2.00 bits per heavy atom. The largest absolute Gasteiger partial charge is 0.394 e. The predicted molar refractivity (Wildman–Crippen MR) is 78.8 cm³/mol. The molecular formula is C13H18N4O3S. The first-order valence-corrected chi connectivity index (χ1v) is 7.75. The molecule has 0 aliphatic rings. The molecule has 0 fully saturated rings. The van der Waals surface area contributed by atoms with Crippen LogP contribution in [0.15, 0.2) is 41.7 Å². The van der Waals surface area contributed by atoms with Gasteiger partial charge in [-0.25, -0.2) is 13.4 Å². The van der Waals surface area contributed by atoms with Crippen LogP contribution < -0.4 is 10.5 Å². The van der Waals surface area contributed by atoms with Crippen molar-refractivity contribution in [3.63, 3.8) is 0 Å². The van der Waals surface area contributed by atoms with Gasteiger partial charge in [0.05, 0.1) is 18.5 Å². The summed E-state index contributed by atoms with van der Waals surface area (Å²) in [6, 6.07) is 8.84. The monoisotopic (exact) mass is 310 g/mol. The molecular weight excluding hydrogens is 292 g/mol. The molecule has 0 radical (unpaired) electrons. The number of nitrogens with one attached hydrogen (secondary N) is 1. The Balaban J connectivity index is 2.43. The minimum atomic E-state index is -3.93. The number of hydrogen-bond acceptors (Lipinski definition) is 5. The normalized spacial score (nSPS) is 14.8. The Bertz CT molecular complexity index is 708. The van der Waals surface area contributed by atoms with Gasteiger partial charge in [-0.3, -0.25) is 0 Å². The van der Waals surface area contributed by atoms with E-state index in [1.54, 1.807) is 31.2 Å². The zero-order valence-electron chi connectivity index (χ0n) is 11.8. The van der Waals surface area contributed by atoms with Crippen LogP contribution in [0.1, 0.15) is 12.5 Å². The summed E-state index contributed by atoms with van der Waals surface area (Å²) in [6.07, 6.45) is 1.32. The summed E-state index contributed by atoms with van der Waals surface area (Å²) >= 11 is 0. The van der Waals surface area contributed by atoms with Crippen LogP contribution in [-0.2, 0) is 22.6 Å². The second-order valence-corrected chi connectivity index (χ2v) is 6.61. The highest BCUT2D eigenvalue weighted by Crippen LogP contribution is 2.24. The first kappa shape index (κ1) is 15.5. The molecule has 1 aromatic carbocycles. The molecule has 114 valence electrons. The quantitative estimate of drug-likeness (QED) is 0.730. The number of aromatic nitrogens is 2. The van der Waals surface area contributed by atoms with Crippen molar-refractivity contribution in [1.82, 2.24) is 14.3 Å². The van der Waals surface area contributed by atoms with Crippen molar-refractivity contribution < 1.29 is 13.5 Å². The topological polar surface area (TPSA) is 110 Å². The molecule has 1 atom stereocenters. The third-order valence-corrected chi connectivity index (χ3v) is 4.98. The van der Waals surface area contributed by atoms with Crippen LogP contribution >= 0.6 is 0 Å². The van der Waals surface area contributed by atoms with E-state index in [0.717, 1.165) is 0 Å². The summed E-state index contributed by atoms with van der Waals surface area (Å²) in [5.41, 5.74) is 5.11. The van der Waals surface area contributed by atoms with Gasteiger partial charge < -0.3 is 15.4 Å². The highest BCUT2D eigenvalue weighted by Gasteiger charge is 2.34. The third kappa shape index (κ3) is 2.92. The Labute approximate surface area is 123 Å². The fourth-order valence-corrected chi connectivity index (χ4v) is 3.72.